The quantitative estimate of drug-likeness (QED) is 0.779. The van der Waals surface area contributed by atoms with Crippen molar-refractivity contribution in [1.29, 1.82) is 0 Å². The highest BCUT2D eigenvalue weighted by Gasteiger charge is 2.17. The molecule has 1 aromatic rings. The molecule has 1 atom stereocenters. The van der Waals surface area contributed by atoms with Crippen LogP contribution in [0.4, 0.5) is 0 Å². The predicted octanol–water partition coefficient (Wildman–Crippen LogP) is 3.00. The molecule has 1 amide bonds. The van der Waals surface area contributed by atoms with Crippen LogP contribution in [0, 0.1) is 0 Å². The maximum Gasteiger partial charge on any atom is 0.260 e. The Labute approximate surface area is 129 Å². The maximum atomic E-state index is 11.7. The van der Waals surface area contributed by atoms with Crippen LogP contribution in [0.15, 0.2) is 21.1 Å². The van der Waals surface area contributed by atoms with E-state index in [2.05, 4.69) is 37.2 Å². The van der Waals surface area contributed by atoms with E-state index in [0.29, 0.717) is 21.2 Å². The highest BCUT2D eigenvalue weighted by Crippen LogP contribution is 2.35. The van der Waals surface area contributed by atoms with Gasteiger partial charge in [-0.3, -0.25) is 4.79 Å². The average Bonchev–Trinajstić information content (AvgIpc) is 2.39. The van der Waals surface area contributed by atoms with Crippen LogP contribution in [0.2, 0.25) is 0 Å². The second kappa shape index (κ2) is 7.87. The van der Waals surface area contributed by atoms with E-state index < -0.39 is 6.10 Å². The van der Waals surface area contributed by atoms with Crippen LogP contribution < -0.4 is 10.1 Å². The van der Waals surface area contributed by atoms with Crippen LogP contribution in [0.25, 0.3) is 0 Å². The SMILES string of the molecule is CCCNC(=O)C(C)Oc1c(Br)cc(CO)cc1Br. The molecule has 0 saturated heterocycles. The van der Waals surface area contributed by atoms with E-state index >= 15 is 0 Å². The van der Waals surface area contributed by atoms with E-state index in [-0.39, 0.29) is 12.5 Å². The fourth-order valence-electron chi connectivity index (χ4n) is 1.44. The molecular weight excluding hydrogens is 378 g/mol. The number of rotatable bonds is 6. The number of carbonyl (C=O) groups excluding carboxylic acids is 1. The van der Waals surface area contributed by atoms with Gasteiger partial charge in [0.15, 0.2) is 6.10 Å². The second-order valence-electron chi connectivity index (χ2n) is 4.10. The Balaban J connectivity index is 2.79. The molecule has 19 heavy (non-hydrogen) atoms. The minimum absolute atomic E-state index is 0.0516. The number of aliphatic hydroxyl groups is 1. The van der Waals surface area contributed by atoms with E-state index in [9.17, 15) is 4.79 Å². The fourth-order valence-corrected chi connectivity index (χ4v) is 2.91. The molecule has 0 aliphatic heterocycles. The number of benzene rings is 1. The van der Waals surface area contributed by atoms with E-state index in [0.717, 1.165) is 12.0 Å². The van der Waals surface area contributed by atoms with Crippen molar-refractivity contribution in [2.75, 3.05) is 6.54 Å². The third-order valence-corrected chi connectivity index (χ3v) is 3.63. The van der Waals surface area contributed by atoms with Crippen molar-refractivity contribution in [1.82, 2.24) is 5.32 Å². The molecule has 0 aliphatic carbocycles. The van der Waals surface area contributed by atoms with Crippen LogP contribution in [-0.2, 0) is 11.4 Å². The first-order valence-electron chi connectivity index (χ1n) is 6.02. The lowest BCUT2D eigenvalue weighted by Crippen LogP contribution is -2.36. The zero-order valence-electron chi connectivity index (χ0n) is 10.9. The largest absolute Gasteiger partial charge is 0.479 e. The molecule has 0 heterocycles. The minimum Gasteiger partial charge on any atom is -0.479 e. The zero-order chi connectivity index (χ0) is 14.4. The van der Waals surface area contributed by atoms with Crippen molar-refractivity contribution in [2.24, 2.45) is 0 Å². The van der Waals surface area contributed by atoms with Gasteiger partial charge in [-0.15, -0.1) is 0 Å². The summed E-state index contributed by atoms with van der Waals surface area (Å²) in [5.41, 5.74) is 0.759. The van der Waals surface area contributed by atoms with Gasteiger partial charge < -0.3 is 15.2 Å². The van der Waals surface area contributed by atoms with Crippen LogP contribution in [-0.4, -0.2) is 23.7 Å². The summed E-state index contributed by atoms with van der Waals surface area (Å²) in [4.78, 5) is 11.7. The Hall–Kier alpha value is -0.590. The third kappa shape index (κ3) is 4.78. The molecule has 106 valence electrons. The number of carbonyl (C=O) groups is 1. The fraction of sp³-hybridized carbons (Fsp3) is 0.462. The lowest BCUT2D eigenvalue weighted by Gasteiger charge is -2.17. The molecule has 6 heteroatoms. The van der Waals surface area contributed by atoms with E-state index in [4.69, 9.17) is 9.84 Å². The molecule has 1 unspecified atom stereocenters. The molecule has 1 aromatic carbocycles. The van der Waals surface area contributed by atoms with Crippen LogP contribution in [0.5, 0.6) is 5.75 Å². The molecule has 0 fully saturated rings. The molecular formula is C13H17Br2NO3. The highest BCUT2D eigenvalue weighted by atomic mass is 79.9. The first-order chi connectivity index (χ1) is 8.99. The topological polar surface area (TPSA) is 58.6 Å². The average molecular weight is 395 g/mol. The summed E-state index contributed by atoms with van der Waals surface area (Å²) in [6, 6.07) is 3.52. The maximum absolute atomic E-state index is 11.7. The van der Waals surface area contributed by atoms with Crippen molar-refractivity contribution in [2.45, 2.75) is 33.0 Å². The highest BCUT2D eigenvalue weighted by molar-refractivity contribution is 9.11. The summed E-state index contributed by atoms with van der Waals surface area (Å²) in [6.45, 7) is 4.28. The number of hydrogen-bond donors (Lipinski definition) is 2. The first kappa shape index (κ1) is 16.5. The number of nitrogens with one attached hydrogen (secondary N) is 1. The van der Waals surface area contributed by atoms with Gasteiger partial charge in [-0.1, -0.05) is 6.92 Å². The number of aliphatic hydroxyl groups excluding tert-OH is 1. The molecule has 1 rings (SSSR count). The predicted molar refractivity (Wildman–Crippen MR) is 81.2 cm³/mol. The lowest BCUT2D eigenvalue weighted by atomic mass is 10.2. The van der Waals surface area contributed by atoms with Crippen molar-refractivity contribution < 1.29 is 14.6 Å². The summed E-state index contributed by atoms with van der Waals surface area (Å²) in [5.74, 6) is 0.406. The van der Waals surface area contributed by atoms with Gasteiger partial charge in [0.2, 0.25) is 0 Å². The van der Waals surface area contributed by atoms with Gasteiger partial charge in [0.05, 0.1) is 15.6 Å². The lowest BCUT2D eigenvalue weighted by molar-refractivity contribution is -0.127. The molecule has 0 aromatic heterocycles. The van der Waals surface area contributed by atoms with Crippen molar-refractivity contribution in [3.05, 3.63) is 26.6 Å². The molecule has 4 nitrogen and oxygen atoms in total. The smallest absolute Gasteiger partial charge is 0.260 e. The van der Waals surface area contributed by atoms with Gasteiger partial charge >= 0.3 is 0 Å². The van der Waals surface area contributed by atoms with E-state index in [1.165, 1.54) is 0 Å². The Bertz CT molecular complexity index is 429. The summed E-state index contributed by atoms with van der Waals surface area (Å²) in [6.07, 6.45) is 0.302. The van der Waals surface area contributed by atoms with Crippen molar-refractivity contribution in [3.8, 4) is 5.75 Å². The Morgan fingerprint density at radius 3 is 2.47 bits per heavy atom. The van der Waals surface area contributed by atoms with Crippen LogP contribution in [0.3, 0.4) is 0 Å². The van der Waals surface area contributed by atoms with Gasteiger partial charge in [-0.2, -0.15) is 0 Å². The monoisotopic (exact) mass is 393 g/mol. The standard InChI is InChI=1S/C13H17Br2NO3/c1-3-4-16-13(18)8(2)19-12-10(14)5-9(7-17)6-11(12)15/h5-6,8,17H,3-4,7H2,1-2H3,(H,16,18). The minimum atomic E-state index is -0.584. The normalized spacial score (nSPS) is 12.1. The molecule has 0 aliphatic rings. The van der Waals surface area contributed by atoms with Gasteiger partial charge in [-0.25, -0.2) is 0 Å². The van der Waals surface area contributed by atoms with E-state index in [1.807, 2.05) is 6.92 Å². The zero-order valence-corrected chi connectivity index (χ0v) is 14.0. The summed E-state index contributed by atoms with van der Waals surface area (Å²) < 4.78 is 7.04. The summed E-state index contributed by atoms with van der Waals surface area (Å²) >= 11 is 6.74. The second-order valence-corrected chi connectivity index (χ2v) is 5.81. The van der Waals surface area contributed by atoms with Crippen LogP contribution >= 0.6 is 31.9 Å². The first-order valence-corrected chi connectivity index (χ1v) is 7.61. The number of amides is 1. The van der Waals surface area contributed by atoms with Gasteiger partial charge in [0, 0.05) is 6.54 Å². The van der Waals surface area contributed by atoms with Gasteiger partial charge in [0.25, 0.3) is 5.91 Å². The summed E-state index contributed by atoms with van der Waals surface area (Å²) in [5, 5.41) is 11.9. The third-order valence-electron chi connectivity index (χ3n) is 2.45. The van der Waals surface area contributed by atoms with Crippen molar-refractivity contribution >= 4 is 37.8 Å². The molecule has 0 bridgehead atoms. The van der Waals surface area contributed by atoms with E-state index in [1.54, 1.807) is 19.1 Å². The van der Waals surface area contributed by atoms with Gasteiger partial charge in [0.1, 0.15) is 5.75 Å². The van der Waals surface area contributed by atoms with Gasteiger partial charge in [-0.05, 0) is 62.9 Å². The Morgan fingerprint density at radius 2 is 2.00 bits per heavy atom. The number of halogens is 2. The molecule has 0 spiro atoms. The molecule has 2 N–H and O–H groups in total. The number of hydrogen-bond acceptors (Lipinski definition) is 3. The molecule has 0 saturated carbocycles. The summed E-state index contributed by atoms with van der Waals surface area (Å²) in [7, 11) is 0. The molecule has 0 radical (unpaired) electrons. The Kier molecular flexibility index (Phi) is 6.82. The Morgan fingerprint density at radius 1 is 1.42 bits per heavy atom. The van der Waals surface area contributed by atoms with Crippen molar-refractivity contribution in [3.63, 3.8) is 0 Å². The van der Waals surface area contributed by atoms with Crippen LogP contribution in [0.1, 0.15) is 25.8 Å². The number of ether oxygens (including phenoxy) is 1.